The van der Waals surface area contributed by atoms with Gasteiger partial charge in [-0.3, -0.25) is 9.59 Å². The summed E-state index contributed by atoms with van der Waals surface area (Å²) in [5.41, 5.74) is 5.60. The molecule has 0 atom stereocenters. The lowest BCUT2D eigenvalue weighted by atomic mass is 10.2. The highest BCUT2D eigenvalue weighted by atomic mass is 16.2. The zero-order chi connectivity index (χ0) is 14.3. The molecular weight excluding hydrogens is 232 g/mol. The number of nitrogens with two attached hydrogens (primary N) is 1. The molecule has 0 spiro atoms. The summed E-state index contributed by atoms with van der Waals surface area (Å²) in [7, 11) is 0. The molecule has 2 amide bonds. The van der Waals surface area contributed by atoms with Crippen LogP contribution < -0.4 is 16.4 Å². The first-order valence-electron chi connectivity index (χ1n) is 5.86. The van der Waals surface area contributed by atoms with Gasteiger partial charge in [-0.05, 0) is 20.8 Å². The van der Waals surface area contributed by atoms with E-state index in [0.29, 0.717) is 0 Å². The first-order valence-corrected chi connectivity index (χ1v) is 5.86. The molecule has 0 radical (unpaired) electrons. The summed E-state index contributed by atoms with van der Waals surface area (Å²) in [6.45, 7) is 8.77. The second-order valence-corrected chi connectivity index (χ2v) is 4.52. The normalized spacial score (nSPS) is 12.8. The molecule has 0 unspecified atom stereocenters. The van der Waals surface area contributed by atoms with E-state index in [9.17, 15) is 9.59 Å². The van der Waals surface area contributed by atoms with Crippen molar-refractivity contribution in [3.8, 4) is 0 Å². The van der Waals surface area contributed by atoms with Crippen molar-refractivity contribution in [2.24, 2.45) is 16.6 Å². The fourth-order valence-electron chi connectivity index (χ4n) is 0.976. The first-order chi connectivity index (χ1) is 8.27. The van der Waals surface area contributed by atoms with E-state index < -0.39 is 0 Å². The summed E-state index contributed by atoms with van der Waals surface area (Å²) >= 11 is 0. The average Bonchev–Trinajstić information content (AvgIpc) is 2.26. The Labute approximate surface area is 108 Å². The second kappa shape index (κ2) is 7.47. The van der Waals surface area contributed by atoms with E-state index in [-0.39, 0.29) is 35.3 Å². The molecule has 0 bridgehead atoms. The van der Waals surface area contributed by atoms with E-state index in [1.807, 2.05) is 13.8 Å². The van der Waals surface area contributed by atoms with E-state index in [2.05, 4.69) is 15.6 Å². The van der Waals surface area contributed by atoms with Crippen LogP contribution in [0.5, 0.6) is 0 Å². The van der Waals surface area contributed by atoms with Gasteiger partial charge in [0, 0.05) is 18.2 Å². The van der Waals surface area contributed by atoms with Crippen molar-refractivity contribution in [2.45, 2.75) is 40.7 Å². The summed E-state index contributed by atoms with van der Waals surface area (Å²) in [5, 5.41) is 5.23. The standard InChI is InChI=1S/C12H22N4O2/c1-7(2)11(17)16-10(6-13)15-9(5)12(18)14-8(3)4/h6-8H,13H2,1-5H3,(H,14,18)(H,16,17)/b10-6+,15-9+. The van der Waals surface area contributed by atoms with Crippen LogP contribution in [0.25, 0.3) is 0 Å². The smallest absolute Gasteiger partial charge is 0.265 e. The number of carbonyl (C=O) groups is 2. The van der Waals surface area contributed by atoms with Crippen LogP contribution in [0.3, 0.4) is 0 Å². The van der Waals surface area contributed by atoms with E-state index in [0.717, 1.165) is 6.20 Å². The van der Waals surface area contributed by atoms with E-state index >= 15 is 0 Å². The minimum atomic E-state index is -0.289. The Morgan fingerprint density at radius 2 is 1.78 bits per heavy atom. The topological polar surface area (TPSA) is 96.6 Å². The van der Waals surface area contributed by atoms with Crippen LogP contribution in [0.1, 0.15) is 34.6 Å². The average molecular weight is 254 g/mol. The van der Waals surface area contributed by atoms with Crippen molar-refractivity contribution in [1.82, 2.24) is 10.6 Å². The predicted octanol–water partition coefficient (Wildman–Crippen LogP) is 0.502. The molecule has 0 saturated heterocycles. The molecule has 0 aromatic heterocycles. The lowest BCUT2D eigenvalue weighted by molar-refractivity contribution is -0.123. The Morgan fingerprint density at radius 1 is 1.22 bits per heavy atom. The molecule has 0 fully saturated rings. The quantitative estimate of drug-likeness (QED) is 0.623. The lowest BCUT2D eigenvalue weighted by Gasteiger charge is -2.10. The fraction of sp³-hybridized carbons (Fsp3) is 0.583. The minimum absolute atomic E-state index is 0.0261. The molecule has 102 valence electrons. The Kier molecular flexibility index (Phi) is 6.70. The summed E-state index contributed by atoms with van der Waals surface area (Å²) in [5.74, 6) is -0.499. The maximum absolute atomic E-state index is 11.6. The van der Waals surface area contributed by atoms with Crippen LogP contribution in [0.4, 0.5) is 0 Å². The Hall–Kier alpha value is -1.85. The van der Waals surface area contributed by atoms with Crippen molar-refractivity contribution < 1.29 is 9.59 Å². The molecule has 0 aliphatic carbocycles. The van der Waals surface area contributed by atoms with Gasteiger partial charge in [0.05, 0.1) is 0 Å². The fourth-order valence-corrected chi connectivity index (χ4v) is 0.976. The highest BCUT2D eigenvalue weighted by Gasteiger charge is 2.11. The molecule has 4 N–H and O–H groups in total. The summed E-state index contributed by atoms with van der Waals surface area (Å²) in [4.78, 5) is 27.0. The van der Waals surface area contributed by atoms with Gasteiger partial charge < -0.3 is 16.4 Å². The molecule has 18 heavy (non-hydrogen) atoms. The second-order valence-electron chi connectivity index (χ2n) is 4.52. The predicted molar refractivity (Wildman–Crippen MR) is 71.6 cm³/mol. The van der Waals surface area contributed by atoms with Gasteiger partial charge in [0.15, 0.2) is 0 Å². The number of carbonyl (C=O) groups excluding carboxylic acids is 2. The Balaban J connectivity index is 4.70. The molecular formula is C12H22N4O2. The van der Waals surface area contributed by atoms with Crippen molar-refractivity contribution in [1.29, 1.82) is 0 Å². The minimum Gasteiger partial charge on any atom is -0.402 e. The van der Waals surface area contributed by atoms with Crippen LogP contribution in [0, 0.1) is 5.92 Å². The molecule has 0 heterocycles. The number of aliphatic imine (C=N–C) groups is 1. The van der Waals surface area contributed by atoms with Gasteiger partial charge in [0.2, 0.25) is 5.91 Å². The lowest BCUT2D eigenvalue weighted by Crippen LogP contribution is -2.35. The molecule has 0 aliphatic rings. The van der Waals surface area contributed by atoms with E-state index in [1.54, 1.807) is 20.8 Å². The van der Waals surface area contributed by atoms with Gasteiger partial charge >= 0.3 is 0 Å². The summed E-state index contributed by atoms with van der Waals surface area (Å²) < 4.78 is 0. The Bertz CT molecular complexity index is 370. The number of amides is 2. The van der Waals surface area contributed by atoms with Crippen molar-refractivity contribution in [3.05, 3.63) is 12.0 Å². The van der Waals surface area contributed by atoms with Gasteiger partial charge in [0.25, 0.3) is 5.91 Å². The van der Waals surface area contributed by atoms with Crippen molar-refractivity contribution >= 4 is 17.5 Å². The molecule has 0 aromatic carbocycles. The third-order valence-electron chi connectivity index (χ3n) is 1.97. The van der Waals surface area contributed by atoms with Crippen molar-refractivity contribution in [2.75, 3.05) is 0 Å². The number of hydrogen-bond acceptors (Lipinski definition) is 4. The first kappa shape index (κ1) is 16.1. The van der Waals surface area contributed by atoms with Crippen LogP contribution in [-0.4, -0.2) is 23.6 Å². The number of nitrogens with one attached hydrogen (secondary N) is 2. The largest absolute Gasteiger partial charge is 0.402 e. The highest BCUT2D eigenvalue weighted by Crippen LogP contribution is 1.97. The van der Waals surface area contributed by atoms with Crippen LogP contribution in [-0.2, 0) is 9.59 Å². The van der Waals surface area contributed by atoms with Crippen LogP contribution >= 0.6 is 0 Å². The molecule has 0 aliphatic heterocycles. The highest BCUT2D eigenvalue weighted by molar-refractivity contribution is 6.38. The molecule has 0 rings (SSSR count). The maximum atomic E-state index is 11.6. The van der Waals surface area contributed by atoms with Gasteiger partial charge in [-0.1, -0.05) is 13.8 Å². The van der Waals surface area contributed by atoms with Gasteiger partial charge in [-0.15, -0.1) is 0 Å². The monoisotopic (exact) mass is 254 g/mol. The third kappa shape index (κ3) is 6.03. The van der Waals surface area contributed by atoms with Gasteiger partial charge in [-0.2, -0.15) is 0 Å². The number of nitrogens with zero attached hydrogens (tertiary/aromatic N) is 1. The SMILES string of the molecule is C/C(=N\C(=C/N)NC(=O)C(C)C)C(=O)NC(C)C. The van der Waals surface area contributed by atoms with Gasteiger partial charge in [-0.25, -0.2) is 4.99 Å². The number of hydrogen-bond donors (Lipinski definition) is 3. The maximum Gasteiger partial charge on any atom is 0.265 e. The van der Waals surface area contributed by atoms with Gasteiger partial charge in [0.1, 0.15) is 11.5 Å². The van der Waals surface area contributed by atoms with E-state index in [4.69, 9.17) is 5.73 Å². The zero-order valence-corrected chi connectivity index (χ0v) is 11.6. The zero-order valence-electron chi connectivity index (χ0n) is 11.6. The van der Waals surface area contributed by atoms with E-state index in [1.165, 1.54) is 0 Å². The number of rotatable bonds is 5. The molecule has 6 heteroatoms. The molecule has 0 aromatic rings. The van der Waals surface area contributed by atoms with Crippen molar-refractivity contribution in [3.63, 3.8) is 0 Å². The summed E-state index contributed by atoms with van der Waals surface area (Å²) in [6, 6.07) is 0.0261. The van der Waals surface area contributed by atoms with Crippen LogP contribution in [0.2, 0.25) is 0 Å². The van der Waals surface area contributed by atoms with Crippen LogP contribution in [0.15, 0.2) is 17.0 Å². The molecule has 0 saturated carbocycles. The summed E-state index contributed by atoms with van der Waals surface area (Å²) in [6.07, 6.45) is 1.16. The molecule has 6 nitrogen and oxygen atoms in total. The Morgan fingerprint density at radius 3 is 2.17 bits per heavy atom. The third-order valence-corrected chi connectivity index (χ3v) is 1.97.